The van der Waals surface area contributed by atoms with Crippen LogP contribution in [0.2, 0.25) is 0 Å². The molecule has 23 heavy (non-hydrogen) atoms. The van der Waals surface area contributed by atoms with E-state index in [2.05, 4.69) is 24.3 Å². The highest BCUT2D eigenvalue weighted by Gasteiger charge is 2.62. The van der Waals surface area contributed by atoms with E-state index in [4.69, 9.17) is 4.74 Å². The van der Waals surface area contributed by atoms with Crippen LogP contribution in [-0.2, 0) is 9.59 Å². The van der Waals surface area contributed by atoms with Crippen molar-refractivity contribution in [1.82, 2.24) is 0 Å². The van der Waals surface area contributed by atoms with Crippen molar-refractivity contribution in [2.45, 2.75) is 0 Å². The number of carbonyl (C=O) groups excluding carboxylic acids is 2. The smallest absolute Gasteiger partial charge is 0.238 e. The number of hydrogen-bond acceptors (Lipinski definition) is 3. The van der Waals surface area contributed by atoms with E-state index in [1.165, 1.54) is 4.90 Å². The monoisotopic (exact) mass is 307 g/mol. The number of imide groups is 1. The zero-order valence-electron chi connectivity index (χ0n) is 12.8. The summed E-state index contributed by atoms with van der Waals surface area (Å²) in [5.41, 5.74) is 0.648. The van der Waals surface area contributed by atoms with E-state index < -0.39 is 0 Å². The van der Waals surface area contributed by atoms with Gasteiger partial charge in [-0.1, -0.05) is 24.3 Å². The molecule has 0 radical (unpaired) electrons. The Labute approximate surface area is 134 Å². The normalized spacial score (nSPS) is 39.3. The Balaban J connectivity index is 1.54. The molecule has 4 aliphatic carbocycles. The third-order valence-electron chi connectivity index (χ3n) is 6.00. The zero-order chi connectivity index (χ0) is 15.7. The second-order valence-corrected chi connectivity index (χ2v) is 6.84. The molecule has 1 aliphatic heterocycles. The number of methoxy groups -OCH3 is 1. The molecule has 1 saturated carbocycles. The number of carbonyl (C=O) groups is 2. The van der Waals surface area contributed by atoms with Gasteiger partial charge in [-0.25, -0.2) is 0 Å². The van der Waals surface area contributed by atoms with E-state index in [0.717, 1.165) is 0 Å². The fraction of sp³-hybridized carbons (Fsp3) is 0.368. The summed E-state index contributed by atoms with van der Waals surface area (Å²) in [5.74, 6) is 1.51. The zero-order valence-corrected chi connectivity index (χ0v) is 12.8. The molecule has 0 spiro atoms. The highest BCUT2D eigenvalue weighted by molar-refractivity contribution is 6.22. The Morgan fingerprint density at radius 2 is 1.26 bits per heavy atom. The number of anilines is 1. The van der Waals surface area contributed by atoms with E-state index in [9.17, 15) is 9.59 Å². The topological polar surface area (TPSA) is 46.6 Å². The Morgan fingerprint density at radius 1 is 0.783 bits per heavy atom. The fourth-order valence-corrected chi connectivity index (χ4v) is 4.88. The molecule has 2 amide bonds. The molecular weight excluding hydrogens is 290 g/mol. The summed E-state index contributed by atoms with van der Waals surface area (Å²) in [5, 5.41) is 0. The van der Waals surface area contributed by atoms with Crippen molar-refractivity contribution in [2.75, 3.05) is 12.0 Å². The van der Waals surface area contributed by atoms with E-state index in [-0.39, 0.29) is 35.5 Å². The van der Waals surface area contributed by atoms with Crippen molar-refractivity contribution in [3.05, 3.63) is 48.6 Å². The predicted octanol–water partition coefficient (Wildman–Crippen LogP) is 2.42. The number of nitrogens with zero attached hydrogens (tertiary/aromatic N) is 1. The first-order chi connectivity index (χ1) is 11.2. The molecule has 6 atom stereocenters. The third kappa shape index (κ3) is 1.51. The molecule has 2 fully saturated rings. The van der Waals surface area contributed by atoms with Crippen LogP contribution in [0.25, 0.3) is 0 Å². The summed E-state index contributed by atoms with van der Waals surface area (Å²) < 4.78 is 5.15. The summed E-state index contributed by atoms with van der Waals surface area (Å²) in [4.78, 5) is 27.4. The van der Waals surface area contributed by atoms with Gasteiger partial charge in [0.05, 0.1) is 24.6 Å². The second kappa shape index (κ2) is 4.34. The molecule has 1 heterocycles. The standard InChI is InChI=1S/C19H17NO3/c1-23-11-4-2-10(3-5-11)20-18(21)16-14-8-9-15(17(16)19(20)22)13-7-6-12(13)14/h2-9,12-17H,1H3/t12?,13?,14?,15?,16-,17+. The lowest BCUT2D eigenvalue weighted by molar-refractivity contribution is -0.127. The van der Waals surface area contributed by atoms with Crippen LogP contribution in [0.3, 0.4) is 0 Å². The van der Waals surface area contributed by atoms with Crippen LogP contribution in [0.1, 0.15) is 0 Å². The lowest BCUT2D eigenvalue weighted by Crippen LogP contribution is -2.50. The summed E-state index contributed by atoms with van der Waals surface area (Å²) in [6, 6.07) is 7.15. The van der Waals surface area contributed by atoms with E-state index >= 15 is 0 Å². The van der Waals surface area contributed by atoms with E-state index in [1.807, 2.05) is 0 Å². The summed E-state index contributed by atoms with van der Waals surface area (Å²) in [6.45, 7) is 0. The number of allylic oxidation sites excluding steroid dienone is 4. The molecule has 1 aromatic rings. The van der Waals surface area contributed by atoms with Crippen LogP contribution in [0.5, 0.6) is 5.75 Å². The Hall–Kier alpha value is -2.36. The lowest BCUT2D eigenvalue weighted by Gasteiger charge is -2.51. The molecule has 2 bridgehead atoms. The van der Waals surface area contributed by atoms with Crippen LogP contribution in [0.4, 0.5) is 5.69 Å². The molecule has 116 valence electrons. The maximum atomic E-state index is 13.0. The van der Waals surface area contributed by atoms with Crippen molar-refractivity contribution in [1.29, 1.82) is 0 Å². The minimum Gasteiger partial charge on any atom is -0.497 e. The van der Waals surface area contributed by atoms with Crippen molar-refractivity contribution < 1.29 is 14.3 Å². The molecule has 4 nitrogen and oxygen atoms in total. The van der Waals surface area contributed by atoms with Crippen LogP contribution < -0.4 is 9.64 Å². The predicted molar refractivity (Wildman–Crippen MR) is 84.7 cm³/mol. The van der Waals surface area contributed by atoms with E-state index in [0.29, 0.717) is 23.3 Å². The number of ether oxygens (including phenoxy) is 1. The highest BCUT2D eigenvalue weighted by atomic mass is 16.5. The largest absolute Gasteiger partial charge is 0.497 e. The molecule has 6 rings (SSSR count). The Bertz CT molecular complexity index is 723. The minimum absolute atomic E-state index is 0.0386. The summed E-state index contributed by atoms with van der Waals surface area (Å²) in [7, 11) is 1.60. The average molecular weight is 307 g/mol. The van der Waals surface area contributed by atoms with Crippen LogP contribution in [0, 0.1) is 35.5 Å². The number of rotatable bonds is 2. The maximum Gasteiger partial charge on any atom is 0.238 e. The molecule has 4 heteroatoms. The van der Waals surface area contributed by atoms with Gasteiger partial charge in [0.1, 0.15) is 5.75 Å². The van der Waals surface area contributed by atoms with Gasteiger partial charge in [-0.2, -0.15) is 0 Å². The van der Waals surface area contributed by atoms with Gasteiger partial charge in [0, 0.05) is 0 Å². The number of amides is 2. The lowest BCUT2D eigenvalue weighted by atomic mass is 9.50. The number of benzene rings is 1. The molecule has 4 unspecified atom stereocenters. The van der Waals surface area contributed by atoms with Crippen molar-refractivity contribution in [3.8, 4) is 5.75 Å². The van der Waals surface area contributed by atoms with Crippen LogP contribution >= 0.6 is 0 Å². The molecular formula is C19H17NO3. The fourth-order valence-electron chi connectivity index (χ4n) is 4.88. The molecule has 0 aromatic heterocycles. The third-order valence-corrected chi connectivity index (χ3v) is 6.00. The molecule has 1 aromatic carbocycles. The maximum absolute atomic E-state index is 13.0. The molecule has 0 N–H and O–H groups in total. The van der Waals surface area contributed by atoms with Gasteiger partial charge in [-0.3, -0.25) is 14.5 Å². The van der Waals surface area contributed by atoms with Gasteiger partial charge >= 0.3 is 0 Å². The highest BCUT2D eigenvalue weighted by Crippen LogP contribution is 2.58. The van der Waals surface area contributed by atoms with Gasteiger partial charge in [0.15, 0.2) is 0 Å². The Morgan fingerprint density at radius 3 is 1.70 bits per heavy atom. The summed E-state index contributed by atoms with van der Waals surface area (Å²) in [6.07, 6.45) is 8.74. The van der Waals surface area contributed by atoms with Gasteiger partial charge in [-0.05, 0) is 47.9 Å². The summed E-state index contributed by atoms with van der Waals surface area (Å²) >= 11 is 0. The van der Waals surface area contributed by atoms with Crippen molar-refractivity contribution in [2.24, 2.45) is 35.5 Å². The van der Waals surface area contributed by atoms with Gasteiger partial charge < -0.3 is 4.74 Å². The van der Waals surface area contributed by atoms with Gasteiger partial charge in [0.25, 0.3) is 0 Å². The molecule has 1 saturated heterocycles. The van der Waals surface area contributed by atoms with Gasteiger partial charge in [0.2, 0.25) is 11.8 Å². The first kappa shape index (κ1) is 13.1. The minimum atomic E-state index is -0.189. The van der Waals surface area contributed by atoms with Crippen molar-refractivity contribution >= 4 is 17.5 Å². The second-order valence-electron chi connectivity index (χ2n) is 6.84. The van der Waals surface area contributed by atoms with Crippen LogP contribution in [-0.4, -0.2) is 18.9 Å². The quantitative estimate of drug-likeness (QED) is 0.623. The SMILES string of the molecule is COc1ccc(N2C(=O)[C@@H]3C4C=CC(C5C=CC54)[C@@H]3C2=O)cc1. The molecule has 5 aliphatic rings. The Kier molecular flexibility index (Phi) is 2.48. The first-order valence-corrected chi connectivity index (χ1v) is 8.09. The van der Waals surface area contributed by atoms with Crippen LogP contribution in [0.15, 0.2) is 48.6 Å². The van der Waals surface area contributed by atoms with Crippen molar-refractivity contribution in [3.63, 3.8) is 0 Å². The first-order valence-electron chi connectivity index (χ1n) is 8.09. The van der Waals surface area contributed by atoms with E-state index in [1.54, 1.807) is 31.4 Å². The average Bonchev–Trinajstić information content (AvgIpc) is 2.80. The number of hydrogen-bond donors (Lipinski definition) is 0. The van der Waals surface area contributed by atoms with Gasteiger partial charge in [-0.15, -0.1) is 0 Å².